The second-order valence-electron chi connectivity index (χ2n) is 5.05. The molecule has 0 unspecified atom stereocenters. The second-order valence-corrected chi connectivity index (χ2v) is 5.48. The number of amides is 2. The molecule has 2 amide bonds. The lowest BCUT2D eigenvalue weighted by Gasteiger charge is -2.06. The van der Waals surface area contributed by atoms with Crippen LogP contribution in [0.4, 0.5) is 10.5 Å². The molecule has 0 aliphatic rings. The van der Waals surface area contributed by atoms with Crippen LogP contribution in [0.25, 0.3) is 11.5 Å². The lowest BCUT2D eigenvalue weighted by Crippen LogP contribution is -2.28. The maximum atomic E-state index is 11.9. The second kappa shape index (κ2) is 7.67. The van der Waals surface area contributed by atoms with Gasteiger partial charge in [-0.3, -0.25) is 0 Å². The number of hydrogen-bond donors (Lipinski definition) is 2. The van der Waals surface area contributed by atoms with E-state index in [0.29, 0.717) is 22.5 Å². The van der Waals surface area contributed by atoms with Crippen molar-refractivity contribution in [2.75, 3.05) is 12.4 Å². The fourth-order valence-electron chi connectivity index (χ4n) is 2.07. The molecule has 0 fully saturated rings. The molecular weight excluding hydrogens is 344 g/mol. The van der Waals surface area contributed by atoms with Crippen molar-refractivity contribution in [1.29, 1.82) is 0 Å². The average molecular weight is 359 g/mol. The lowest BCUT2D eigenvalue weighted by atomic mass is 10.2. The number of rotatable bonds is 5. The van der Waals surface area contributed by atoms with Crippen LogP contribution in [0.3, 0.4) is 0 Å². The highest BCUT2D eigenvalue weighted by molar-refractivity contribution is 6.30. The van der Waals surface area contributed by atoms with Crippen LogP contribution < -0.4 is 15.4 Å². The quantitative estimate of drug-likeness (QED) is 0.725. The Bertz CT molecular complexity index is 864. The summed E-state index contributed by atoms with van der Waals surface area (Å²) in [6, 6.07) is 13.7. The molecule has 128 valence electrons. The Balaban J connectivity index is 1.56. The molecule has 0 saturated heterocycles. The molecule has 0 atom stereocenters. The third kappa shape index (κ3) is 4.48. The van der Waals surface area contributed by atoms with Gasteiger partial charge in [-0.05, 0) is 42.5 Å². The van der Waals surface area contributed by atoms with E-state index >= 15 is 0 Å². The van der Waals surface area contributed by atoms with Crippen LogP contribution in [0.1, 0.15) is 5.89 Å². The highest BCUT2D eigenvalue weighted by atomic mass is 35.5. The lowest BCUT2D eigenvalue weighted by molar-refractivity contribution is 0.250. The van der Waals surface area contributed by atoms with E-state index in [2.05, 4.69) is 20.8 Å². The number of nitrogens with one attached hydrogen (secondary N) is 2. The number of benzene rings is 2. The third-order valence-corrected chi connectivity index (χ3v) is 3.52. The number of urea groups is 1. The summed E-state index contributed by atoms with van der Waals surface area (Å²) < 4.78 is 10.6. The standard InChI is InChI=1S/C17H15ClN4O3/c1-24-14-7-5-11(6-8-14)16-22-21-15(25-16)10-19-17(23)20-13-4-2-3-12(18)9-13/h2-9H,10H2,1H3,(H2,19,20,23). The van der Waals surface area contributed by atoms with Gasteiger partial charge in [0.15, 0.2) is 0 Å². The minimum atomic E-state index is -0.397. The van der Waals surface area contributed by atoms with Gasteiger partial charge in [0.25, 0.3) is 0 Å². The van der Waals surface area contributed by atoms with Gasteiger partial charge in [0.1, 0.15) is 5.75 Å². The molecular formula is C17H15ClN4O3. The summed E-state index contributed by atoms with van der Waals surface area (Å²) >= 11 is 5.87. The summed E-state index contributed by atoms with van der Waals surface area (Å²) in [5.41, 5.74) is 1.36. The number of anilines is 1. The molecule has 25 heavy (non-hydrogen) atoms. The SMILES string of the molecule is COc1ccc(-c2nnc(CNC(=O)Nc3cccc(Cl)c3)o2)cc1. The third-order valence-electron chi connectivity index (χ3n) is 3.29. The van der Waals surface area contributed by atoms with E-state index in [4.69, 9.17) is 20.8 Å². The molecule has 0 bridgehead atoms. The zero-order chi connectivity index (χ0) is 17.6. The molecule has 8 heteroatoms. The van der Waals surface area contributed by atoms with Gasteiger partial charge in [0.05, 0.1) is 13.7 Å². The minimum absolute atomic E-state index is 0.107. The molecule has 1 aromatic heterocycles. The van der Waals surface area contributed by atoms with Crippen molar-refractivity contribution in [3.63, 3.8) is 0 Å². The molecule has 2 N–H and O–H groups in total. The number of nitrogens with zero attached hydrogens (tertiary/aromatic N) is 2. The Morgan fingerprint density at radius 1 is 1.20 bits per heavy atom. The van der Waals surface area contributed by atoms with E-state index in [1.165, 1.54) is 0 Å². The first-order chi connectivity index (χ1) is 12.1. The topological polar surface area (TPSA) is 89.3 Å². The summed E-state index contributed by atoms with van der Waals surface area (Å²) in [6.07, 6.45) is 0. The molecule has 2 aromatic carbocycles. The van der Waals surface area contributed by atoms with E-state index in [1.54, 1.807) is 43.5 Å². The predicted molar refractivity (Wildman–Crippen MR) is 93.6 cm³/mol. The Labute approximate surface area is 149 Å². The smallest absolute Gasteiger partial charge is 0.319 e. The van der Waals surface area contributed by atoms with Crippen molar-refractivity contribution in [3.8, 4) is 17.2 Å². The van der Waals surface area contributed by atoms with Gasteiger partial charge in [-0.1, -0.05) is 17.7 Å². The van der Waals surface area contributed by atoms with Crippen LogP contribution >= 0.6 is 11.6 Å². The molecule has 0 saturated carbocycles. The van der Waals surface area contributed by atoms with Crippen LogP contribution in [0.2, 0.25) is 5.02 Å². The van der Waals surface area contributed by atoms with Crippen molar-refractivity contribution in [1.82, 2.24) is 15.5 Å². The fraction of sp³-hybridized carbons (Fsp3) is 0.118. The van der Waals surface area contributed by atoms with E-state index in [-0.39, 0.29) is 6.54 Å². The number of aromatic nitrogens is 2. The molecule has 3 aromatic rings. The summed E-state index contributed by atoms with van der Waals surface area (Å²) in [5, 5.41) is 13.7. The number of methoxy groups -OCH3 is 1. The number of carbonyl (C=O) groups excluding carboxylic acids is 1. The maximum absolute atomic E-state index is 11.9. The number of ether oxygens (including phenoxy) is 1. The minimum Gasteiger partial charge on any atom is -0.497 e. The molecule has 1 heterocycles. The molecule has 0 spiro atoms. The van der Waals surface area contributed by atoms with Crippen molar-refractivity contribution in [2.24, 2.45) is 0 Å². The van der Waals surface area contributed by atoms with Gasteiger partial charge in [-0.25, -0.2) is 4.79 Å². The maximum Gasteiger partial charge on any atom is 0.319 e. The highest BCUT2D eigenvalue weighted by Gasteiger charge is 2.10. The van der Waals surface area contributed by atoms with E-state index in [9.17, 15) is 4.79 Å². The van der Waals surface area contributed by atoms with Crippen LogP contribution in [-0.4, -0.2) is 23.3 Å². The van der Waals surface area contributed by atoms with Gasteiger partial charge in [0.2, 0.25) is 11.8 Å². The molecule has 0 aliphatic heterocycles. The number of carbonyl (C=O) groups is 1. The molecule has 0 aliphatic carbocycles. The number of hydrogen-bond acceptors (Lipinski definition) is 5. The van der Waals surface area contributed by atoms with Gasteiger partial charge in [-0.15, -0.1) is 10.2 Å². The van der Waals surface area contributed by atoms with Gasteiger partial charge in [-0.2, -0.15) is 0 Å². The van der Waals surface area contributed by atoms with Crippen LogP contribution in [0.15, 0.2) is 52.9 Å². The van der Waals surface area contributed by atoms with Crippen molar-refractivity contribution in [3.05, 3.63) is 59.4 Å². The first-order valence-corrected chi connectivity index (χ1v) is 7.79. The first kappa shape index (κ1) is 16.8. The monoisotopic (exact) mass is 358 g/mol. The molecule has 0 radical (unpaired) electrons. The highest BCUT2D eigenvalue weighted by Crippen LogP contribution is 2.21. The Hall–Kier alpha value is -3.06. The van der Waals surface area contributed by atoms with Gasteiger partial charge < -0.3 is 19.8 Å². The molecule has 3 rings (SSSR count). The fourth-order valence-corrected chi connectivity index (χ4v) is 2.26. The van der Waals surface area contributed by atoms with Crippen molar-refractivity contribution in [2.45, 2.75) is 6.54 Å². The van der Waals surface area contributed by atoms with Crippen LogP contribution in [0.5, 0.6) is 5.75 Å². The van der Waals surface area contributed by atoms with E-state index in [0.717, 1.165) is 11.3 Å². The molecule has 7 nitrogen and oxygen atoms in total. The van der Waals surface area contributed by atoms with Crippen LogP contribution in [-0.2, 0) is 6.54 Å². The summed E-state index contributed by atoms with van der Waals surface area (Å²) in [6.45, 7) is 0.107. The summed E-state index contributed by atoms with van der Waals surface area (Å²) in [7, 11) is 1.60. The zero-order valence-electron chi connectivity index (χ0n) is 13.3. The number of halogens is 1. The summed E-state index contributed by atoms with van der Waals surface area (Å²) in [5.74, 6) is 1.41. The van der Waals surface area contributed by atoms with Gasteiger partial charge in [0, 0.05) is 16.3 Å². The van der Waals surface area contributed by atoms with Crippen molar-refractivity contribution < 1.29 is 13.9 Å². The Morgan fingerprint density at radius 2 is 2.00 bits per heavy atom. The van der Waals surface area contributed by atoms with Crippen molar-refractivity contribution >= 4 is 23.3 Å². The normalized spacial score (nSPS) is 10.3. The van der Waals surface area contributed by atoms with Gasteiger partial charge >= 0.3 is 6.03 Å². The van der Waals surface area contributed by atoms with Crippen LogP contribution in [0, 0.1) is 0 Å². The predicted octanol–water partition coefficient (Wildman–Crippen LogP) is 3.72. The average Bonchev–Trinajstić information content (AvgIpc) is 3.09. The zero-order valence-corrected chi connectivity index (χ0v) is 14.1. The summed E-state index contributed by atoms with van der Waals surface area (Å²) in [4.78, 5) is 11.9. The Kier molecular flexibility index (Phi) is 5.15. The first-order valence-electron chi connectivity index (χ1n) is 7.41. The van der Waals surface area contributed by atoms with E-state index in [1.807, 2.05) is 12.1 Å². The Morgan fingerprint density at radius 3 is 2.72 bits per heavy atom. The van der Waals surface area contributed by atoms with E-state index < -0.39 is 6.03 Å². The largest absolute Gasteiger partial charge is 0.497 e.